The van der Waals surface area contributed by atoms with Crippen LogP contribution >= 0.6 is 0 Å². The largest absolute Gasteiger partial charge is 0.237 e. The molecule has 1 heteroatoms. The minimum atomic E-state index is 0.719. The van der Waals surface area contributed by atoms with Crippen LogP contribution in [0.25, 0.3) is 0 Å². The van der Waals surface area contributed by atoms with Crippen LogP contribution in [-0.4, -0.2) is 23.4 Å². The lowest BCUT2D eigenvalue weighted by molar-refractivity contribution is -0.529. The summed E-state index contributed by atoms with van der Waals surface area (Å²) in [5, 5.41) is 0. The Bertz CT molecular complexity index is 263. The third kappa shape index (κ3) is 9.92. The average molecular weight is 266 g/mol. The number of allylic oxidation sites excluding steroid dienone is 2. The second-order valence-corrected chi connectivity index (χ2v) is 5.80. The smallest absolute Gasteiger partial charge is 0.152 e. The third-order valence-corrected chi connectivity index (χ3v) is 3.84. The monoisotopic (exact) mass is 266 g/mol. The van der Waals surface area contributed by atoms with E-state index in [1.54, 1.807) is 0 Å². The van der Waals surface area contributed by atoms with Gasteiger partial charge in [0.1, 0.15) is 13.1 Å². The lowest BCUT2D eigenvalue weighted by Gasteiger charge is -2.06. The minimum Gasteiger partial charge on any atom is -0.237 e. The first kappa shape index (κ1) is 18.4. The molecule has 0 amide bonds. The molecule has 0 spiro atoms. The van der Waals surface area contributed by atoms with E-state index in [4.69, 9.17) is 0 Å². The molecule has 0 aromatic rings. The first-order valence-corrected chi connectivity index (χ1v) is 8.39. The van der Waals surface area contributed by atoms with Crippen molar-refractivity contribution in [3.05, 3.63) is 12.2 Å². The predicted octanol–water partition coefficient (Wildman–Crippen LogP) is 5.44. The van der Waals surface area contributed by atoms with Gasteiger partial charge in [-0.2, -0.15) is 0 Å². The van der Waals surface area contributed by atoms with Gasteiger partial charge in [0.2, 0.25) is 0 Å². The Balaban J connectivity index is 4.28. The number of hydrogen-bond acceptors (Lipinski definition) is 0. The Kier molecular flexibility index (Phi) is 12.1. The van der Waals surface area contributed by atoms with Gasteiger partial charge < -0.3 is 0 Å². The minimum absolute atomic E-state index is 0.719. The van der Waals surface area contributed by atoms with Crippen LogP contribution in [0, 0.1) is 5.92 Å². The van der Waals surface area contributed by atoms with Crippen LogP contribution in [0.5, 0.6) is 0 Å². The van der Waals surface area contributed by atoms with Gasteiger partial charge >= 0.3 is 0 Å². The maximum Gasteiger partial charge on any atom is 0.152 e. The standard InChI is InChI=1S/C18H36N/c1-6-9-10-11-16-19(15-7-2)18(5)14-12-13-17(4)8-3/h12-13,17H,6-11,14-16H2,1-5H3/q+1. The number of rotatable bonds is 11. The summed E-state index contributed by atoms with van der Waals surface area (Å²) >= 11 is 0. The van der Waals surface area contributed by atoms with Crippen molar-refractivity contribution in [1.29, 1.82) is 0 Å². The molecular weight excluding hydrogens is 230 g/mol. The Morgan fingerprint density at radius 1 is 1.00 bits per heavy atom. The zero-order valence-electron chi connectivity index (χ0n) is 14.0. The first-order valence-electron chi connectivity index (χ1n) is 8.39. The molecule has 0 aliphatic carbocycles. The fourth-order valence-corrected chi connectivity index (χ4v) is 2.23. The predicted molar refractivity (Wildman–Crippen MR) is 88.3 cm³/mol. The van der Waals surface area contributed by atoms with Crippen LogP contribution < -0.4 is 0 Å². The van der Waals surface area contributed by atoms with Crippen LogP contribution in [0.1, 0.15) is 79.6 Å². The summed E-state index contributed by atoms with van der Waals surface area (Å²) < 4.78 is 2.59. The van der Waals surface area contributed by atoms with E-state index < -0.39 is 0 Å². The van der Waals surface area contributed by atoms with E-state index in [2.05, 4.69) is 51.3 Å². The van der Waals surface area contributed by atoms with Gasteiger partial charge in [-0.3, -0.25) is 0 Å². The van der Waals surface area contributed by atoms with Crippen LogP contribution in [0.4, 0.5) is 0 Å². The van der Waals surface area contributed by atoms with Gasteiger partial charge in [0.15, 0.2) is 5.71 Å². The zero-order valence-corrected chi connectivity index (χ0v) is 14.0. The quantitative estimate of drug-likeness (QED) is 0.203. The van der Waals surface area contributed by atoms with Crippen molar-refractivity contribution in [2.75, 3.05) is 13.1 Å². The molecule has 1 unspecified atom stereocenters. The van der Waals surface area contributed by atoms with E-state index >= 15 is 0 Å². The summed E-state index contributed by atoms with van der Waals surface area (Å²) in [5.74, 6) is 0.719. The third-order valence-electron chi connectivity index (χ3n) is 3.84. The second kappa shape index (κ2) is 12.4. The molecule has 0 bridgehead atoms. The van der Waals surface area contributed by atoms with E-state index in [0.29, 0.717) is 0 Å². The fraction of sp³-hybridized carbons (Fsp3) is 0.833. The van der Waals surface area contributed by atoms with E-state index in [-0.39, 0.29) is 0 Å². The van der Waals surface area contributed by atoms with Crippen LogP contribution in [0.3, 0.4) is 0 Å². The van der Waals surface area contributed by atoms with E-state index in [0.717, 1.165) is 12.3 Å². The molecule has 0 saturated heterocycles. The molecule has 0 radical (unpaired) electrons. The Morgan fingerprint density at radius 2 is 1.74 bits per heavy atom. The van der Waals surface area contributed by atoms with Crippen molar-refractivity contribution in [2.24, 2.45) is 5.92 Å². The molecule has 0 aromatic heterocycles. The van der Waals surface area contributed by atoms with Crippen LogP contribution in [0.2, 0.25) is 0 Å². The number of unbranched alkanes of at least 4 members (excludes halogenated alkanes) is 3. The normalized spacial score (nSPS) is 14.8. The van der Waals surface area contributed by atoms with Crippen molar-refractivity contribution >= 4 is 5.71 Å². The van der Waals surface area contributed by atoms with Crippen LogP contribution in [-0.2, 0) is 0 Å². The molecule has 112 valence electrons. The summed E-state index contributed by atoms with van der Waals surface area (Å²) in [6.45, 7) is 13.9. The molecule has 0 heterocycles. The molecule has 0 aliphatic heterocycles. The molecule has 19 heavy (non-hydrogen) atoms. The van der Waals surface area contributed by atoms with Gasteiger partial charge in [-0.25, -0.2) is 4.58 Å². The van der Waals surface area contributed by atoms with Gasteiger partial charge in [-0.05, 0) is 12.3 Å². The van der Waals surface area contributed by atoms with Crippen molar-refractivity contribution < 1.29 is 4.58 Å². The first-order chi connectivity index (χ1) is 9.15. The van der Waals surface area contributed by atoms with Crippen molar-refractivity contribution in [3.63, 3.8) is 0 Å². The SMILES string of the molecule is CCCCCC[N+](CCC)=C(C)CC=CC(C)CC. The topological polar surface area (TPSA) is 3.01 Å². The molecule has 0 rings (SSSR count). The maximum atomic E-state index is 2.59. The number of nitrogens with zero attached hydrogens (tertiary/aromatic N) is 1. The maximum absolute atomic E-state index is 2.59. The van der Waals surface area contributed by atoms with Gasteiger partial charge in [-0.1, -0.05) is 59.1 Å². The fourth-order valence-electron chi connectivity index (χ4n) is 2.23. The molecule has 0 aliphatic rings. The van der Waals surface area contributed by atoms with Crippen LogP contribution in [0.15, 0.2) is 12.2 Å². The second-order valence-electron chi connectivity index (χ2n) is 5.80. The molecule has 1 nitrogen and oxygen atoms in total. The Hall–Kier alpha value is -0.590. The highest BCUT2D eigenvalue weighted by Gasteiger charge is 2.07. The summed E-state index contributed by atoms with van der Waals surface area (Å²) in [7, 11) is 0. The number of hydrogen-bond donors (Lipinski definition) is 0. The average Bonchev–Trinajstić information content (AvgIpc) is 2.41. The Morgan fingerprint density at radius 3 is 2.32 bits per heavy atom. The van der Waals surface area contributed by atoms with E-state index in [1.807, 2.05) is 0 Å². The van der Waals surface area contributed by atoms with Crippen molar-refractivity contribution in [2.45, 2.75) is 79.6 Å². The van der Waals surface area contributed by atoms with Gasteiger partial charge in [0, 0.05) is 26.2 Å². The zero-order chi connectivity index (χ0) is 14.5. The molecule has 0 aromatic carbocycles. The summed E-state index contributed by atoms with van der Waals surface area (Å²) in [6, 6.07) is 0. The highest BCUT2D eigenvalue weighted by atomic mass is 15.0. The lowest BCUT2D eigenvalue weighted by Crippen LogP contribution is -2.21. The van der Waals surface area contributed by atoms with Gasteiger partial charge in [0.25, 0.3) is 0 Å². The highest BCUT2D eigenvalue weighted by molar-refractivity contribution is 5.78. The summed E-state index contributed by atoms with van der Waals surface area (Å²) in [5.41, 5.74) is 1.54. The molecule has 1 atom stereocenters. The Labute approximate surface area is 121 Å². The molecule has 0 fully saturated rings. The highest BCUT2D eigenvalue weighted by Crippen LogP contribution is 2.04. The van der Waals surface area contributed by atoms with E-state index in [1.165, 1.54) is 57.3 Å². The molecule has 0 N–H and O–H groups in total. The van der Waals surface area contributed by atoms with E-state index in [9.17, 15) is 0 Å². The lowest BCUT2D eigenvalue weighted by atomic mass is 10.1. The molecule has 0 saturated carbocycles. The molecular formula is C18H36N+. The van der Waals surface area contributed by atoms with Gasteiger partial charge in [0.05, 0.1) is 0 Å². The summed E-state index contributed by atoms with van der Waals surface area (Å²) in [4.78, 5) is 0. The summed E-state index contributed by atoms with van der Waals surface area (Å²) in [6.07, 6.45) is 13.8. The van der Waals surface area contributed by atoms with Crippen molar-refractivity contribution in [3.8, 4) is 0 Å². The van der Waals surface area contributed by atoms with Gasteiger partial charge in [-0.15, -0.1) is 0 Å². The van der Waals surface area contributed by atoms with Crippen molar-refractivity contribution in [1.82, 2.24) is 0 Å².